The number of alkyl halides is 2. The summed E-state index contributed by atoms with van der Waals surface area (Å²) in [7, 11) is 1.72. The Kier molecular flexibility index (Phi) is 4.01. The van der Waals surface area contributed by atoms with Gasteiger partial charge in [0.1, 0.15) is 5.75 Å². The Labute approximate surface area is 158 Å². The van der Waals surface area contributed by atoms with Gasteiger partial charge in [0, 0.05) is 5.56 Å². The van der Waals surface area contributed by atoms with Crippen LogP contribution in [0.3, 0.4) is 0 Å². The molecule has 0 radical (unpaired) electrons. The molecule has 0 fully saturated rings. The predicted octanol–water partition coefficient (Wildman–Crippen LogP) is 6.45. The summed E-state index contributed by atoms with van der Waals surface area (Å²) in [4.78, 5) is 0.0333. The minimum Gasteiger partial charge on any atom is -0.496 e. The highest BCUT2D eigenvalue weighted by Gasteiger charge is 2.47. The van der Waals surface area contributed by atoms with Gasteiger partial charge in [-0.3, -0.25) is 0 Å². The first-order valence-electron chi connectivity index (χ1n) is 7.83. The normalized spacial score (nSPS) is 15.5. The maximum absolute atomic E-state index is 5.60. The summed E-state index contributed by atoms with van der Waals surface area (Å²) < 4.78 is 5.26. The summed E-state index contributed by atoms with van der Waals surface area (Å²) >= 11 is 8.08. The van der Waals surface area contributed by atoms with Crippen LogP contribution in [0.25, 0.3) is 11.1 Å². The average Bonchev–Trinajstić information content (AvgIpc) is 2.92. The summed E-state index contributed by atoms with van der Waals surface area (Å²) in [5.41, 5.74) is 6.25. The van der Waals surface area contributed by atoms with Crippen LogP contribution in [0, 0.1) is 0 Å². The van der Waals surface area contributed by atoms with Gasteiger partial charge in [-0.2, -0.15) is 0 Å². The van der Waals surface area contributed by atoms with Crippen LogP contribution in [0.2, 0.25) is 0 Å². The van der Waals surface area contributed by atoms with E-state index in [1.54, 1.807) is 7.11 Å². The molecular formula is C21H16Br2O. The van der Waals surface area contributed by atoms with Crippen LogP contribution >= 0.6 is 31.9 Å². The van der Waals surface area contributed by atoms with Gasteiger partial charge in [0.15, 0.2) is 0 Å². The molecule has 24 heavy (non-hydrogen) atoms. The minimum atomic E-state index is -0.338. The van der Waals surface area contributed by atoms with E-state index in [4.69, 9.17) is 4.74 Å². The monoisotopic (exact) mass is 442 g/mol. The van der Waals surface area contributed by atoms with Crippen molar-refractivity contribution < 1.29 is 4.74 Å². The van der Waals surface area contributed by atoms with Crippen LogP contribution in [0.15, 0.2) is 72.8 Å². The van der Waals surface area contributed by atoms with Crippen molar-refractivity contribution in [2.45, 2.75) is 9.15 Å². The van der Waals surface area contributed by atoms with Gasteiger partial charge >= 0.3 is 0 Å². The third-order valence-corrected chi connectivity index (χ3v) is 7.80. The van der Waals surface area contributed by atoms with Crippen LogP contribution in [-0.2, 0) is 4.32 Å². The Morgan fingerprint density at radius 3 is 1.88 bits per heavy atom. The van der Waals surface area contributed by atoms with Crippen molar-refractivity contribution >= 4 is 31.9 Å². The summed E-state index contributed by atoms with van der Waals surface area (Å²) in [6, 6.07) is 25.4. The molecule has 0 aromatic heterocycles. The third-order valence-electron chi connectivity index (χ3n) is 4.69. The number of benzene rings is 3. The number of para-hydroxylation sites is 1. The second-order valence-electron chi connectivity index (χ2n) is 5.91. The van der Waals surface area contributed by atoms with Crippen LogP contribution in [0.1, 0.15) is 21.5 Å². The molecular weight excluding hydrogens is 428 g/mol. The Bertz CT molecular complexity index is 858. The topological polar surface area (TPSA) is 9.23 Å². The van der Waals surface area contributed by atoms with E-state index < -0.39 is 0 Å². The highest BCUT2D eigenvalue weighted by atomic mass is 79.9. The maximum Gasteiger partial charge on any atom is 0.123 e. The molecule has 0 N–H and O–H groups in total. The quantitative estimate of drug-likeness (QED) is 0.422. The van der Waals surface area contributed by atoms with Crippen molar-refractivity contribution in [3.05, 3.63) is 89.5 Å². The van der Waals surface area contributed by atoms with Gasteiger partial charge in [0.2, 0.25) is 0 Å². The fourth-order valence-electron chi connectivity index (χ4n) is 3.58. The molecule has 120 valence electrons. The molecule has 3 aromatic rings. The molecule has 1 unspecified atom stereocenters. The molecule has 1 atom stereocenters. The van der Waals surface area contributed by atoms with Gasteiger partial charge < -0.3 is 4.74 Å². The van der Waals surface area contributed by atoms with Crippen LogP contribution < -0.4 is 4.74 Å². The molecule has 0 aliphatic heterocycles. The standard InChI is InChI=1S/C21H16Br2O/c1-24-19-13-7-4-10-16(19)20(22)21(23)17-11-5-2-8-14(17)15-9-3-6-12-18(15)21/h2-13,20H,1H3. The van der Waals surface area contributed by atoms with Crippen molar-refractivity contribution in [3.8, 4) is 16.9 Å². The van der Waals surface area contributed by atoms with Crippen LogP contribution in [-0.4, -0.2) is 7.11 Å². The van der Waals surface area contributed by atoms with E-state index in [0.29, 0.717) is 0 Å². The molecule has 0 bridgehead atoms. The minimum absolute atomic E-state index is 0.0333. The Morgan fingerprint density at radius 2 is 1.29 bits per heavy atom. The van der Waals surface area contributed by atoms with E-state index in [0.717, 1.165) is 11.3 Å². The zero-order valence-electron chi connectivity index (χ0n) is 13.2. The number of halogens is 2. The van der Waals surface area contributed by atoms with Crippen molar-refractivity contribution in [1.82, 2.24) is 0 Å². The van der Waals surface area contributed by atoms with Crippen LogP contribution in [0.5, 0.6) is 5.75 Å². The number of hydrogen-bond donors (Lipinski definition) is 0. The summed E-state index contributed by atoms with van der Waals surface area (Å²) in [5.74, 6) is 0.889. The molecule has 1 aliphatic carbocycles. The van der Waals surface area contributed by atoms with Gasteiger partial charge in [-0.1, -0.05) is 98.6 Å². The second-order valence-corrected chi connectivity index (χ2v) is 8.07. The number of methoxy groups -OCH3 is 1. The van der Waals surface area contributed by atoms with E-state index in [1.165, 1.54) is 22.3 Å². The lowest BCUT2D eigenvalue weighted by Crippen LogP contribution is -2.23. The molecule has 0 saturated carbocycles. The average molecular weight is 444 g/mol. The second kappa shape index (κ2) is 6.05. The largest absolute Gasteiger partial charge is 0.496 e. The van der Waals surface area contributed by atoms with Crippen molar-refractivity contribution in [2.75, 3.05) is 7.11 Å². The predicted molar refractivity (Wildman–Crippen MR) is 106 cm³/mol. The fourth-order valence-corrected chi connectivity index (χ4v) is 5.39. The first kappa shape index (κ1) is 15.9. The number of fused-ring (bicyclic) bond motifs is 3. The van der Waals surface area contributed by atoms with E-state index in [-0.39, 0.29) is 9.15 Å². The number of hydrogen-bond acceptors (Lipinski definition) is 1. The van der Waals surface area contributed by atoms with E-state index in [9.17, 15) is 0 Å². The summed E-state index contributed by atoms with van der Waals surface area (Å²) in [6.45, 7) is 0. The van der Waals surface area contributed by atoms with E-state index in [1.807, 2.05) is 12.1 Å². The Balaban J connectivity index is 1.96. The van der Waals surface area contributed by atoms with Crippen molar-refractivity contribution in [1.29, 1.82) is 0 Å². The lowest BCUT2D eigenvalue weighted by molar-refractivity contribution is 0.408. The molecule has 0 saturated heterocycles. The maximum atomic E-state index is 5.60. The Hall–Kier alpha value is -1.58. The van der Waals surface area contributed by atoms with E-state index in [2.05, 4.69) is 92.5 Å². The lowest BCUT2D eigenvalue weighted by atomic mass is 9.89. The molecule has 1 nitrogen and oxygen atoms in total. The van der Waals surface area contributed by atoms with Gasteiger partial charge in [0.25, 0.3) is 0 Å². The molecule has 3 aromatic carbocycles. The first-order chi connectivity index (χ1) is 11.7. The van der Waals surface area contributed by atoms with Crippen LogP contribution in [0.4, 0.5) is 0 Å². The highest BCUT2D eigenvalue weighted by molar-refractivity contribution is 9.12. The van der Waals surface area contributed by atoms with Gasteiger partial charge in [-0.15, -0.1) is 0 Å². The Morgan fingerprint density at radius 1 is 0.792 bits per heavy atom. The number of ether oxygens (including phenoxy) is 1. The molecule has 0 amide bonds. The molecule has 0 heterocycles. The first-order valence-corrected chi connectivity index (χ1v) is 9.54. The number of rotatable bonds is 3. The zero-order valence-corrected chi connectivity index (χ0v) is 16.3. The van der Waals surface area contributed by atoms with Crippen molar-refractivity contribution in [3.63, 3.8) is 0 Å². The summed E-state index contributed by atoms with van der Waals surface area (Å²) in [5, 5.41) is 0. The smallest absolute Gasteiger partial charge is 0.123 e. The lowest BCUT2D eigenvalue weighted by Gasteiger charge is -2.32. The SMILES string of the molecule is COc1ccccc1C(Br)C1(Br)c2ccccc2-c2ccccc21. The van der Waals surface area contributed by atoms with Gasteiger partial charge in [-0.25, -0.2) is 0 Å². The molecule has 3 heteroatoms. The van der Waals surface area contributed by atoms with Crippen molar-refractivity contribution in [2.24, 2.45) is 0 Å². The molecule has 0 spiro atoms. The third kappa shape index (κ3) is 2.18. The highest BCUT2D eigenvalue weighted by Crippen LogP contribution is 2.61. The van der Waals surface area contributed by atoms with Gasteiger partial charge in [-0.05, 0) is 28.3 Å². The molecule has 4 rings (SSSR count). The zero-order chi connectivity index (χ0) is 16.7. The fraction of sp³-hybridized carbons (Fsp3) is 0.143. The van der Waals surface area contributed by atoms with Gasteiger partial charge in [0.05, 0.1) is 16.3 Å². The van der Waals surface area contributed by atoms with E-state index >= 15 is 0 Å². The summed E-state index contributed by atoms with van der Waals surface area (Å²) in [6.07, 6.45) is 0. The molecule has 1 aliphatic rings.